The summed E-state index contributed by atoms with van der Waals surface area (Å²) in [6.45, 7) is 0. The number of nitrogens with zero attached hydrogens (tertiary/aromatic N) is 1. The second-order valence-electron chi connectivity index (χ2n) is 7.91. The molecular formula is C27H16ClNO3. The summed E-state index contributed by atoms with van der Waals surface area (Å²) in [6.07, 6.45) is 0.746. The lowest BCUT2D eigenvalue weighted by atomic mass is 9.89. The van der Waals surface area contributed by atoms with E-state index in [4.69, 9.17) is 16.3 Å². The Bertz CT molecular complexity index is 1580. The zero-order valence-corrected chi connectivity index (χ0v) is 17.6. The molecule has 0 saturated carbocycles. The molecule has 0 atom stereocenters. The van der Waals surface area contributed by atoms with E-state index in [0.717, 1.165) is 39.8 Å². The van der Waals surface area contributed by atoms with E-state index < -0.39 is 4.92 Å². The Labute approximate surface area is 188 Å². The minimum Gasteiger partial charge on any atom is -0.457 e. The van der Waals surface area contributed by atoms with E-state index >= 15 is 0 Å². The summed E-state index contributed by atoms with van der Waals surface area (Å²) in [5.74, 6) is 1.72. The third-order valence-electron chi connectivity index (χ3n) is 6.15. The largest absolute Gasteiger partial charge is 0.457 e. The van der Waals surface area contributed by atoms with Gasteiger partial charge in [0.2, 0.25) is 0 Å². The minimum atomic E-state index is -0.400. The summed E-state index contributed by atoms with van der Waals surface area (Å²) >= 11 is 6.46. The van der Waals surface area contributed by atoms with Crippen LogP contribution in [0.3, 0.4) is 0 Å². The molecule has 5 aromatic carbocycles. The van der Waals surface area contributed by atoms with Gasteiger partial charge in [0.25, 0.3) is 5.69 Å². The molecule has 0 spiro atoms. The lowest BCUT2D eigenvalue weighted by Crippen LogP contribution is -2.04. The molecule has 0 amide bonds. The Kier molecular flexibility index (Phi) is 4.17. The van der Waals surface area contributed by atoms with Crippen molar-refractivity contribution in [2.24, 2.45) is 0 Å². The van der Waals surface area contributed by atoms with Crippen molar-refractivity contribution in [1.29, 1.82) is 0 Å². The second kappa shape index (κ2) is 7.08. The maximum atomic E-state index is 11.3. The van der Waals surface area contributed by atoms with Gasteiger partial charge < -0.3 is 4.74 Å². The van der Waals surface area contributed by atoms with Gasteiger partial charge in [0.15, 0.2) is 0 Å². The van der Waals surface area contributed by atoms with E-state index in [1.807, 2.05) is 42.5 Å². The number of benzene rings is 5. The summed E-state index contributed by atoms with van der Waals surface area (Å²) < 4.78 is 6.30. The average Bonchev–Trinajstić information content (AvgIpc) is 2.82. The van der Waals surface area contributed by atoms with Crippen molar-refractivity contribution in [2.45, 2.75) is 6.42 Å². The first-order valence-corrected chi connectivity index (χ1v) is 10.7. The highest BCUT2D eigenvalue weighted by molar-refractivity contribution is 6.33. The molecule has 0 unspecified atom stereocenters. The molecule has 0 aliphatic carbocycles. The molecule has 0 saturated heterocycles. The van der Waals surface area contributed by atoms with Crippen LogP contribution in [0.2, 0.25) is 5.02 Å². The average molecular weight is 438 g/mol. The molecule has 0 bridgehead atoms. The number of fused-ring (bicyclic) bond motifs is 6. The molecule has 0 aromatic heterocycles. The molecule has 4 nitrogen and oxygen atoms in total. The van der Waals surface area contributed by atoms with Crippen molar-refractivity contribution in [1.82, 2.24) is 0 Å². The fourth-order valence-corrected chi connectivity index (χ4v) is 4.85. The molecule has 5 heteroatoms. The molecule has 1 heterocycles. The van der Waals surface area contributed by atoms with E-state index in [0.29, 0.717) is 10.6 Å². The zero-order chi connectivity index (χ0) is 21.8. The number of rotatable bonds is 2. The topological polar surface area (TPSA) is 52.4 Å². The maximum Gasteiger partial charge on any atom is 0.270 e. The Hall–Kier alpha value is -3.89. The SMILES string of the molecule is O=[N+]([O-])c1ccc(Cl)c(-c2cccc3c4c(ccc23)Oc2ccc3ccccc3c2C4)c1. The molecule has 32 heavy (non-hydrogen) atoms. The summed E-state index contributed by atoms with van der Waals surface area (Å²) in [7, 11) is 0. The number of nitro groups is 1. The van der Waals surface area contributed by atoms with Crippen LogP contribution in [0.1, 0.15) is 11.1 Å². The molecule has 0 radical (unpaired) electrons. The fraction of sp³-hybridized carbons (Fsp3) is 0.0370. The van der Waals surface area contributed by atoms with Gasteiger partial charge in [-0.2, -0.15) is 0 Å². The third-order valence-corrected chi connectivity index (χ3v) is 6.48. The molecule has 0 N–H and O–H groups in total. The van der Waals surface area contributed by atoms with Gasteiger partial charge in [-0.05, 0) is 45.3 Å². The Balaban J connectivity index is 1.57. The van der Waals surface area contributed by atoms with E-state index in [-0.39, 0.29) is 5.69 Å². The Morgan fingerprint density at radius 2 is 1.50 bits per heavy atom. The van der Waals surface area contributed by atoms with Crippen molar-refractivity contribution >= 4 is 38.8 Å². The van der Waals surface area contributed by atoms with Crippen LogP contribution in [-0.4, -0.2) is 4.92 Å². The van der Waals surface area contributed by atoms with E-state index in [1.165, 1.54) is 28.5 Å². The van der Waals surface area contributed by atoms with E-state index in [9.17, 15) is 10.1 Å². The van der Waals surface area contributed by atoms with Crippen LogP contribution in [-0.2, 0) is 6.42 Å². The van der Waals surface area contributed by atoms with Crippen LogP contribution >= 0.6 is 11.6 Å². The van der Waals surface area contributed by atoms with Gasteiger partial charge in [0, 0.05) is 40.3 Å². The van der Waals surface area contributed by atoms with Crippen molar-refractivity contribution in [3.8, 4) is 22.6 Å². The molecule has 154 valence electrons. The van der Waals surface area contributed by atoms with Crippen LogP contribution in [0.4, 0.5) is 5.69 Å². The van der Waals surface area contributed by atoms with Gasteiger partial charge in [-0.1, -0.05) is 66.2 Å². The summed E-state index contributed by atoms with van der Waals surface area (Å²) in [5.41, 5.74) is 3.80. The van der Waals surface area contributed by atoms with Gasteiger partial charge in [0.05, 0.1) is 4.92 Å². The monoisotopic (exact) mass is 437 g/mol. The molecule has 0 fully saturated rings. The van der Waals surface area contributed by atoms with Crippen molar-refractivity contribution in [2.75, 3.05) is 0 Å². The summed E-state index contributed by atoms with van der Waals surface area (Å²) in [5, 5.41) is 16.2. The lowest BCUT2D eigenvalue weighted by molar-refractivity contribution is -0.384. The van der Waals surface area contributed by atoms with Crippen LogP contribution in [0, 0.1) is 10.1 Å². The zero-order valence-electron chi connectivity index (χ0n) is 16.8. The number of ether oxygens (including phenoxy) is 1. The highest BCUT2D eigenvalue weighted by Crippen LogP contribution is 2.45. The molecular weight excluding hydrogens is 422 g/mol. The quantitative estimate of drug-likeness (QED) is 0.204. The predicted molar refractivity (Wildman–Crippen MR) is 128 cm³/mol. The molecule has 6 rings (SSSR count). The van der Waals surface area contributed by atoms with Gasteiger partial charge in [-0.15, -0.1) is 0 Å². The lowest BCUT2D eigenvalue weighted by Gasteiger charge is -2.24. The van der Waals surface area contributed by atoms with Gasteiger partial charge in [0.1, 0.15) is 11.5 Å². The minimum absolute atomic E-state index is 0.0168. The first-order valence-electron chi connectivity index (χ1n) is 10.3. The van der Waals surface area contributed by atoms with Crippen molar-refractivity contribution in [3.63, 3.8) is 0 Å². The van der Waals surface area contributed by atoms with Gasteiger partial charge in [-0.3, -0.25) is 10.1 Å². The standard InChI is InChI=1S/C27H16ClNO3/c28-25-11-9-17(29(30)31)14-22(25)19-6-3-7-20-21(19)10-13-27-24(20)15-23-18-5-2-1-4-16(18)8-12-26(23)32-27/h1-14H,15H2. The molecule has 5 aromatic rings. The van der Waals surface area contributed by atoms with Crippen molar-refractivity contribution in [3.05, 3.63) is 111 Å². The fourth-order valence-electron chi connectivity index (χ4n) is 4.64. The van der Waals surface area contributed by atoms with Crippen LogP contribution in [0.15, 0.2) is 84.9 Å². The normalized spacial score (nSPS) is 12.3. The number of hydrogen-bond donors (Lipinski definition) is 0. The van der Waals surface area contributed by atoms with Gasteiger partial charge >= 0.3 is 0 Å². The first kappa shape index (κ1) is 18.8. The maximum absolute atomic E-state index is 11.3. The summed E-state index contributed by atoms with van der Waals surface area (Å²) in [6, 6.07) is 26.9. The van der Waals surface area contributed by atoms with E-state index in [1.54, 1.807) is 6.07 Å². The third kappa shape index (κ3) is 2.84. The molecule has 1 aliphatic rings. The smallest absolute Gasteiger partial charge is 0.270 e. The Morgan fingerprint density at radius 3 is 2.34 bits per heavy atom. The number of non-ortho nitro benzene ring substituents is 1. The molecule has 1 aliphatic heterocycles. The Morgan fingerprint density at radius 1 is 0.750 bits per heavy atom. The highest BCUT2D eigenvalue weighted by Gasteiger charge is 2.22. The summed E-state index contributed by atoms with van der Waals surface area (Å²) in [4.78, 5) is 10.9. The first-order chi connectivity index (χ1) is 15.6. The highest BCUT2D eigenvalue weighted by atomic mass is 35.5. The second-order valence-corrected chi connectivity index (χ2v) is 8.31. The number of nitro benzene ring substituents is 1. The van der Waals surface area contributed by atoms with Crippen molar-refractivity contribution < 1.29 is 9.66 Å². The number of hydrogen-bond acceptors (Lipinski definition) is 3. The van der Waals surface area contributed by atoms with Crippen LogP contribution in [0.5, 0.6) is 11.5 Å². The van der Waals surface area contributed by atoms with Crippen LogP contribution < -0.4 is 4.74 Å². The van der Waals surface area contributed by atoms with Gasteiger partial charge in [-0.25, -0.2) is 0 Å². The van der Waals surface area contributed by atoms with E-state index in [2.05, 4.69) is 24.3 Å². The van der Waals surface area contributed by atoms with Crippen LogP contribution in [0.25, 0.3) is 32.7 Å². The number of halogens is 1. The predicted octanol–water partition coefficient (Wildman–Crippen LogP) is 7.92.